The van der Waals surface area contributed by atoms with E-state index in [4.69, 9.17) is 5.11 Å². The summed E-state index contributed by atoms with van der Waals surface area (Å²) < 4.78 is 41.7. The normalized spacial score (nSPS) is 17.5. The molecule has 1 aromatic carbocycles. The fraction of sp³-hybridized carbons (Fsp3) is 0.214. The quantitative estimate of drug-likeness (QED) is 0.877. The minimum Gasteiger partial charge on any atom is -0.476 e. The Hall–Kier alpha value is -2.42. The van der Waals surface area contributed by atoms with E-state index in [0.29, 0.717) is 10.4 Å². The highest BCUT2D eigenvalue weighted by atomic mass is 32.1. The minimum atomic E-state index is -4.44. The summed E-state index contributed by atoms with van der Waals surface area (Å²) >= 11 is 0.927. The number of carboxylic acid groups (broad SMARTS) is 1. The van der Waals surface area contributed by atoms with Gasteiger partial charge in [-0.25, -0.2) is 4.79 Å². The summed E-state index contributed by atoms with van der Waals surface area (Å²) in [5, 5.41) is 11.5. The molecule has 1 aliphatic rings. The van der Waals surface area contributed by atoms with Crippen molar-refractivity contribution in [2.24, 2.45) is 0 Å². The molecule has 1 aromatic heterocycles. The van der Waals surface area contributed by atoms with E-state index in [1.165, 1.54) is 12.1 Å². The van der Waals surface area contributed by atoms with Gasteiger partial charge in [0, 0.05) is 12.3 Å². The summed E-state index contributed by atoms with van der Waals surface area (Å²) in [4.78, 5) is 23.4. The van der Waals surface area contributed by atoms with E-state index in [9.17, 15) is 22.8 Å². The molecule has 2 aromatic rings. The zero-order valence-corrected chi connectivity index (χ0v) is 12.2. The third kappa shape index (κ3) is 2.79. The molecule has 0 spiro atoms. The number of alkyl halides is 3. The van der Waals surface area contributed by atoms with Crippen LogP contribution in [0.4, 0.5) is 18.9 Å². The largest absolute Gasteiger partial charge is 0.476 e. The topological polar surface area (TPSA) is 79.3 Å². The van der Waals surface area contributed by atoms with Crippen LogP contribution in [0.1, 0.15) is 38.8 Å². The first-order valence-corrected chi connectivity index (χ1v) is 7.24. The number of hydrogen-bond donors (Lipinski definition) is 2. The highest BCUT2D eigenvalue weighted by Crippen LogP contribution is 2.42. The molecule has 1 amide bonds. The molecule has 0 fully saturated rings. The van der Waals surface area contributed by atoms with Crippen molar-refractivity contribution in [1.82, 2.24) is 4.37 Å². The molecular weight excluding hydrogens is 333 g/mol. The van der Waals surface area contributed by atoms with Gasteiger partial charge >= 0.3 is 12.1 Å². The van der Waals surface area contributed by atoms with Crippen molar-refractivity contribution in [2.45, 2.75) is 18.5 Å². The first-order chi connectivity index (χ1) is 10.8. The molecule has 0 unspecified atom stereocenters. The number of aromatic nitrogens is 1. The van der Waals surface area contributed by atoms with Crippen LogP contribution in [0.5, 0.6) is 0 Å². The maximum atomic E-state index is 12.6. The van der Waals surface area contributed by atoms with Crippen molar-refractivity contribution in [2.75, 3.05) is 5.32 Å². The van der Waals surface area contributed by atoms with Gasteiger partial charge in [-0.05, 0) is 29.2 Å². The fourth-order valence-electron chi connectivity index (χ4n) is 2.45. The van der Waals surface area contributed by atoms with Crippen LogP contribution in [-0.2, 0) is 11.0 Å². The average Bonchev–Trinajstić information content (AvgIpc) is 2.89. The first-order valence-electron chi connectivity index (χ1n) is 6.47. The Kier molecular flexibility index (Phi) is 3.59. The van der Waals surface area contributed by atoms with E-state index in [1.54, 1.807) is 0 Å². The number of aromatic carboxylic acids is 1. The molecule has 0 aliphatic carbocycles. The van der Waals surface area contributed by atoms with Gasteiger partial charge in [0.15, 0.2) is 5.69 Å². The summed E-state index contributed by atoms with van der Waals surface area (Å²) in [7, 11) is 0. The molecule has 9 heteroatoms. The van der Waals surface area contributed by atoms with E-state index in [0.717, 1.165) is 23.7 Å². The predicted octanol–water partition coefficient (Wildman–Crippen LogP) is 3.33. The molecule has 0 saturated heterocycles. The van der Waals surface area contributed by atoms with Crippen LogP contribution in [-0.4, -0.2) is 21.4 Å². The second-order valence-electron chi connectivity index (χ2n) is 5.00. The summed E-state index contributed by atoms with van der Waals surface area (Å²) in [5.74, 6) is -2.17. The maximum absolute atomic E-state index is 12.6. The molecule has 120 valence electrons. The lowest BCUT2D eigenvalue weighted by molar-refractivity contribution is -0.137. The van der Waals surface area contributed by atoms with Crippen LogP contribution in [0, 0.1) is 0 Å². The Labute approximate surface area is 131 Å². The van der Waals surface area contributed by atoms with Crippen molar-refractivity contribution in [3.63, 3.8) is 0 Å². The molecule has 2 N–H and O–H groups in total. The molecule has 0 radical (unpaired) electrons. The molecule has 3 rings (SSSR count). The van der Waals surface area contributed by atoms with Crippen LogP contribution in [0.3, 0.4) is 0 Å². The third-order valence-corrected chi connectivity index (χ3v) is 4.49. The Morgan fingerprint density at radius 2 is 1.96 bits per heavy atom. The van der Waals surface area contributed by atoms with Gasteiger partial charge in [0.2, 0.25) is 5.91 Å². The third-order valence-electron chi connectivity index (χ3n) is 3.53. The monoisotopic (exact) mass is 342 g/mol. The van der Waals surface area contributed by atoms with Gasteiger partial charge in [-0.3, -0.25) is 4.79 Å². The highest BCUT2D eigenvalue weighted by Gasteiger charge is 2.34. The van der Waals surface area contributed by atoms with Crippen molar-refractivity contribution < 1.29 is 27.9 Å². The number of carbonyl (C=O) groups is 2. The summed E-state index contributed by atoms with van der Waals surface area (Å²) in [6.45, 7) is 0. The molecule has 2 heterocycles. The Balaban J connectivity index is 2.01. The second-order valence-corrected chi connectivity index (χ2v) is 5.81. The molecule has 1 aliphatic heterocycles. The summed E-state index contributed by atoms with van der Waals surface area (Å²) in [6, 6.07) is 4.49. The number of halogens is 3. The molecule has 23 heavy (non-hydrogen) atoms. The van der Waals surface area contributed by atoms with Gasteiger partial charge in [-0.15, -0.1) is 0 Å². The van der Waals surface area contributed by atoms with E-state index >= 15 is 0 Å². The number of nitrogens with zero attached hydrogens (tertiary/aromatic N) is 1. The molecular formula is C14H9F3N2O3S. The SMILES string of the molecule is O=C1C[C@@H](c2ccc(C(F)(F)F)cc2)c2snc(C(=O)O)c2N1. The lowest BCUT2D eigenvalue weighted by Gasteiger charge is -2.22. The van der Waals surface area contributed by atoms with Crippen molar-refractivity contribution in [1.29, 1.82) is 0 Å². The smallest absolute Gasteiger partial charge is 0.416 e. The van der Waals surface area contributed by atoms with Gasteiger partial charge in [-0.2, -0.15) is 17.5 Å². The number of carboxylic acids is 1. The highest BCUT2D eigenvalue weighted by molar-refractivity contribution is 7.06. The van der Waals surface area contributed by atoms with Crippen LogP contribution >= 0.6 is 11.5 Å². The lowest BCUT2D eigenvalue weighted by atomic mass is 9.89. The average molecular weight is 342 g/mol. The number of carbonyl (C=O) groups excluding carboxylic acids is 1. The molecule has 1 atom stereocenters. The minimum absolute atomic E-state index is 0.0274. The standard InChI is InChI=1S/C14H9F3N2O3S/c15-14(16,17)7-3-1-6(2-4-7)8-5-9(20)18-10-11(13(21)22)19-23-12(8)10/h1-4,8H,5H2,(H,18,20)(H,21,22)/t8-/m0/s1. The zero-order chi connectivity index (χ0) is 16.8. The number of fused-ring (bicyclic) bond motifs is 1. The fourth-order valence-corrected chi connectivity index (χ4v) is 3.39. The zero-order valence-electron chi connectivity index (χ0n) is 11.3. The Morgan fingerprint density at radius 3 is 2.52 bits per heavy atom. The molecule has 5 nitrogen and oxygen atoms in total. The van der Waals surface area contributed by atoms with Gasteiger partial charge in [0.05, 0.1) is 16.1 Å². The van der Waals surface area contributed by atoms with Crippen molar-refractivity contribution >= 4 is 29.1 Å². The number of benzene rings is 1. The van der Waals surface area contributed by atoms with Gasteiger partial charge in [0.25, 0.3) is 0 Å². The van der Waals surface area contributed by atoms with E-state index in [1.807, 2.05) is 0 Å². The van der Waals surface area contributed by atoms with E-state index < -0.39 is 29.5 Å². The first kappa shape index (κ1) is 15.5. The van der Waals surface area contributed by atoms with Crippen LogP contribution in [0.15, 0.2) is 24.3 Å². The van der Waals surface area contributed by atoms with E-state index in [-0.39, 0.29) is 17.8 Å². The Morgan fingerprint density at radius 1 is 1.30 bits per heavy atom. The lowest BCUT2D eigenvalue weighted by Crippen LogP contribution is -2.23. The number of hydrogen-bond acceptors (Lipinski definition) is 4. The van der Waals surface area contributed by atoms with Gasteiger partial charge < -0.3 is 10.4 Å². The molecule has 0 bridgehead atoms. The predicted molar refractivity (Wildman–Crippen MR) is 75.6 cm³/mol. The second kappa shape index (κ2) is 5.34. The number of anilines is 1. The van der Waals surface area contributed by atoms with E-state index in [2.05, 4.69) is 9.69 Å². The summed E-state index contributed by atoms with van der Waals surface area (Å²) in [6.07, 6.45) is -4.41. The van der Waals surface area contributed by atoms with Gasteiger partial charge in [0.1, 0.15) is 0 Å². The summed E-state index contributed by atoms with van der Waals surface area (Å²) in [5.41, 5.74) is -0.398. The van der Waals surface area contributed by atoms with Crippen molar-refractivity contribution in [3.05, 3.63) is 46.0 Å². The Bertz CT molecular complexity index is 784. The van der Waals surface area contributed by atoms with Crippen LogP contribution in [0.2, 0.25) is 0 Å². The maximum Gasteiger partial charge on any atom is 0.416 e. The number of rotatable bonds is 2. The van der Waals surface area contributed by atoms with Crippen LogP contribution in [0.25, 0.3) is 0 Å². The van der Waals surface area contributed by atoms with Crippen molar-refractivity contribution in [3.8, 4) is 0 Å². The number of nitrogens with one attached hydrogen (secondary N) is 1. The van der Waals surface area contributed by atoms with Crippen LogP contribution < -0.4 is 5.32 Å². The molecule has 0 saturated carbocycles. The van der Waals surface area contributed by atoms with Gasteiger partial charge in [-0.1, -0.05) is 12.1 Å². The number of amides is 1.